The summed E-state index contributed by atoms with van der Waals surface area (Å²) < 4.78 is 53.0. The molecule has 8 saturated heterocycles. The number of amides is 2. The van der Waals surface area contributed by atoms with Gasteiger partial charge in [0, 0.05) is 164 Å². The number of sulfonamides is 1. The van der Waals surface area contributed by atoms with Gasteiger partial charge in [-0.15, -0.1) is 11.8 Å². The van der Waals surface area contributed by atoms with Crippen LogP contribution in [0.2, 0.25) is 0 Å². The van der Waals surface area contributed by atoms with Gasteiger partial charge in [0.1, 0.15) is 5.58 Å². The highest BCUT2D eigenvalue weighted by atomic mass is 32.2. The number of aromatic nitrogens is 4. The van der Waals surface area contributed by atoms with Crippen LogP contribution in [0.3, 0.4) is 0 Å². The molecule has 14 N–H and O–H groups in total. The number of carbonyl (C=O) groups is 1. The molecule has 116 heavy (non-hydrogen) atoms. The molecule has 5 aromatic carbocycles. The first-order valence-corrected chi connectivity index (χ1v) is 48.0. The number of hydrogen-bond donors (Lipinski definition) is 13. The Morgan fingerprint density at radius 3 is 1.50 bits per heavy atom. The van der Waals surface area contributed by atoms with Gasteiger partial charge in [0.2, 0.25) is 10.0 Å². The summed E-state index contributed by atoms with van der Waals surface area (Å²) >= 11 is 14.1. The SMILES string of the molecule is C1CCNNC1.C1CCSC1.C1CN2CCC2S1.C1COCCO1.C1CSCCN1.C1CSCCO1.C1CSCCS1.Cc1cc(=O)[nH]c(=O)[nH]1.NC1C=CNC(=O)N1.O=S1(=O)NCc2ccccc21.O=c1cc[nH]c(=O)[nH]1.O=c1ccc2ccccc2o1.c1ccc2c(c1)CNC2.c1ccc2c(c1)CNS2.c1ccc2c(c1)COC2. The van der Waals surface area contributed by atoms with Crippen LogP contribution in [0, 0.1) is 6.92 Å². The van der Waals surface area contributed by atoms with E-state index in [1.54, 1.807) is 49.2 Å². The van der Waals surface area contributed by atoms with Gasteiger partial charge in [0.25, 0.3) is 11.1 Å². The number of hydrogen-bond acceptors (Lipinski definition) is 27. The summed E-state index contributed by atoms with van der Waals surface area (Å²) in [4.78, 5) is 75.3. The Morgan fingerprint density at radius 1 is 0.491 bits per heavy atom. The van der Waals surface area contributed by atoms with E-state index in [0.29, 0.717) is 22.7 Å². The number of nitrogens with zero attached hydrogens (tertiary/aromatic N) is 1. The highest BCUT2D eigenvalue weighted by molar-refractivity contribution is 8.06. The van der Waals surface area contributed by atoms with E-state index in [1.165, 1.54) is 185 Å². The Labute approximate surface area is 710 Å². The quantitative estimate of drug-likeness (QED) is 0.0496. The normalized spacial score (nSPS) is 19.3. The molecule has 21 rings (SSSR count). The molecule has 0 bridgehead atoms. The number of aromatic amines is 4. The van der Waals surface area contributed by atoms with Crippen molar-refractivity contribution in [3.8, 4) is 0 Å². The number of H-pyrrole nitrogens is 4. The lowest BCUT2D eigenvalue weighted by molar-refractivity contribution is -0.0334. The average molecular weight is 1750 g/mol. The number of benzene rings is 5. The lowest BCUT2D eigenvalue weighted by Crippen LogP contribution is -2.47. The number of thioether (sulfide) groups is 6. The van der Waals surface area contributed by atoms with E-state index in [4.69, 9.17) is 29.1 Å². The summed E-state index contributed by atoms with van der Waals surface area (Å²) in [6.45, 7) is 19.3. The minimum atomic E-state index is -3.16. The largest absolute Gasteiger partial charge is 0.423 e. The zero-order chi connectivity index (χ0) is 82.2. The summed E-state index contributed by atoms with van der Waals surface area (Å²) in [7, 11) is -3.16. The number of aryl methyl sites for hydroxylation is 1. The van der Waals surface area contributed by atoms with E-state index in [0.717, 1.165) is 102 Å². The molecule has 0 saturated carbocycles. The molecule has 0 aliphatic carbocycles. The molecule has 0 spiro atoms. The lowest BCUT2D eigenvalue weighted by atomic mass is 10.1. The van der Waals surface area contributed by atoms with Gasteiger partial charge in [-0.25, -0.2) is 32.3 Å². The summed E-state index contributed by atoms with van der Waals surface area (Å²) in [6, 6.07) is 45.2. The molecular formula is C81H114N14O13S8. The van der Waals surface area contributed by atoms with Crippen LogP contribution in [0.1, 0.15) is 71.2 Å². The zero-order valence-corrected chi connectivity index (χ0v) is 72.4. The Kier molecular flexibility index (Phi) is 50.1. The molecule has 0 radical (unpaired) electrons. The first kappa shape index (κ1) is 96.7. The van der Waals surface area contributed by atoms with Crippen molar-refractivity contribution in [1.82, 2.24) is 66.4 Å². The predicted molar refractivity (Wildman–Crippen MR) is 482 cm³/mol. The molecule has 8 aromatic rings. The van der Waals surface area contributed by atoms with E-state index in [1.807, 2.05) is 76.0 Å². The lowest BCUT2D eigenvalue weighted by Gasteiger charge is -2.33. The Morgan fingerprint density at radius 2 is 1.06 bits per heavy atom. The van der Waals surface area contributed by atoms with Crippen LogP contribution in [-0.4, -0.2) is 193 Å². The van der Waals surface area contributed by atoms with Crippen molar-refractivity contribution in [1.29, 1.82) is 0 Å². The second kappa shape index (κ2) is 60.1. The number of nitrogens with one attached hydrogen (secondary N) is 12. The fraction of sp³-hybridized carbons (Fsp3) is 0.457. The number of carbonyl (C=O) groups excluding carboxylic acids is 1. The molecule has 13 aliphatic rings. The number of rotatable bonds is 0. The highest BCUT2D eigenvalue weighted by Gasteiger charge is 2.32. The maximum Gasteiger partial charge on any atom is 0.336 e. The number of ether oxygens (including phenoxy) is 4. The van der Waals surface area contributed by atoms with Gasteiger partial charge in [-0.1, -0.05) is 103 Å². The van der Waals surface area contributed by atoms with Crippen LogP contribution >= 0.6 is 82.5 Å². The van der Waals surface area contributed by atoms with E-state index in [-0.39, 0.29) is 28.9 Å². The molecule has 8 fully saturated rings. The standard InChI is InChI=1S/C9H6O2.C8H9N.C8H8O.C7H7NO2S.C7H7NS.C5H6N2O2.C5H9NS.C4H7N3O.C4H4N2O2.C4H10N2.C4H9NS.C4H8O2.C4H8OS.C4H8S2.C4H8S/c10-9-6-5-7-3-1-2-4-8(7)11-9;2*1-2-4-8-6-9-5-7(8)3-1;9-11(10)7-4-2-1-3-6(7)5-8-11;1-2-4-7-6(3-1)5-8-9-7;1-3-2-4(8)7-5(9)6-3;1-2-6-3-4-7-5(1)6;5-3-1-2-6-4(8)7-3;7-3-1-2-5-4(8)6-3;1-2-4-6-5-3-1;1-3-6-4-2-5-1;1-2-6-4-3-5-1;1-3-6-4-2-5-1;1-2-6-4-3-5-1;1-2-4-5-3-1/h1-6H;1-4,9H,5-6H2;1-4H,5-6H2;1-4,8H,5H2;1-4,8H,5H2;2H,1H3,(H2,6,7,8,9);5H,1-4H2;1-3H,5H2,(H2,6,7,8);1-2H,(H2,5,6,7,8);5-6H,1-4H2;5H,1-4H2;3*1-4H2;1-4H2. The maximum absolute atomic E-state index is 11.1. The third kappa shape index (κ3) is 42.5. The second-order valence-corrected chi connectivity index (χ2v) is 36.1. The minimum Gasteiger partial charge on any atom is -0.423 e. The van der Waals surface area contributed by atoms with Gasteiger partial charge in [0.15, 0.2) is 0 Å². The molecule has 2 amide bonds. The van der Waals surface area contributed by atoms with Crippen molar-refractivity contribution in [3.63, 3.8) is 0 Å². The van der Waals surface area contributed by atoms with Crippen LogP contribution in [0.4, 0.5) is 4.79 Å². The molecule has 27 nitrogen and oxygen atoms in total. The summed E-state index contributed by atoms with van der Waals surface area (Å²) in [5, 5.41) is 13.3. The molecule has 2 unspecified atom stereocenters. The molecule has 2 atom stereocenters. The Hall–Kier alpha value is -6.40. The highest BCUT2D eigenvalue weighted by Crippen LogP contribution is 2.33. The smallest absolute Gasteiger partial charge is 0.336 e. The minimum absolute atomic E-state index is 0.250. The summed E-state index contributed by atoms with van der Waals surface area (Å²) in [5.41, 5.74) is 18.4. The number of hydrazine groups is 1. The Balaban J connectivity index is 0.000000173. The van der Waals surface area contributed by atoms with Crippen LogP contribution in [0.15, 0.2) is 202 Å². The average Bonchev–Trinajstić information content (AvgIpc) is 1.66. The van der Waals surface area contributed by atoms with E-state index in [2.05, 4.69) is 164 Å². The van der Waals surface area contributed by atoms with Gasteiger partial charge in [-0.2, -0.15) is 58.8 Å². The van der Waals surface area contributed by atoms with Gasteiger partial charge < -0.3 is 60.3 Å². The van der Waals surface area contributed by atoms with Crippen molar-refractivity contribution in [2.45, 2.75) is 99.8 Å². The maximum atomic E-state index is 11.1. The predicted octanol–water partition coefficient (Wildman–Crippen LogP) is 9.33. The van der Waals surface area contributed by atoms with Crippen LogP contribution in [-0.2, 0) is 68.4 Å². The van der Waals surface area contributed by atoms with Gasteiger partial charge >= 0.3 is 23.0 Å². The van der Waals surface area contributed by atoms with E-state index in [9.17, 15) is 37.2 Å². The van der Waals surface area contributed by atoms with Crippen LogP contribution in [0.25, 0.3) is 11.0 Å². The number of urea groups is 1. The van der Waals surface area contributed by atoms with Crippen molar-refractivity contribution in [2.75, 3.05) is 142 Å². The molecule has 35 heteroatoms. The topological polar surface area (TPSA) is 375 Å². The Bertz CT molecular complexity index is 4100. The van der Waals surface area contributed by atoms with Crippen molar-refractivity contribution < 1.29 is 36.6 Å². The van der Waals surface area contributed by atoms with Gasteiger partial charge in [0.05, 0.1) is 69.3 Å². The third-order valence-corrected chi connectivity index (χ3v) is 26.4. The third-order valence-electron chi connectivity index (χ3n) is 17.1. The second-order valence-electron chi connectivity index (χ2n) is 26.0. The van der Waals surface area contributed by atoms with Crippen molar-refractivity contribution in [3.05, 3.63) is 255 Å². The zero-order valence-electron chi connectivity index (χ0n) is 65.9. The number of fused-ring (bicyclic) bond motifs is 6. The molecular weight excluding hydrogens is 1630 g/mol. The van der Waals surface area contributed by atoms with E-state index < -0.39 is 21.4 Å². The first-order valence-electron chi connectivity index (χ1n) is 38.9. The molecule has 3 aromatic heterocycles. The van der Waals surface area contributed by atoms with Crippen LogP contribution in [0.5, 0.6) is 0 Å². The molecule has 16 heterocycles. The van der Waals surface area contributed by atoms with Crippen LogP contribution < -0.4 is 75.4 Å². The number of nitrogens with two attached hydrogens (primary N) is 1. The van der Waals surface area contributed by atoms with E-state index >= 15 is 0 Å². The first-order chi connectivity index (χ1) is 56.7. The summed E-state index contributed by atoms with van der Waals surface area (Å²) in [5.74, 6) is 14.7. The monoisotopic (exact) mass is 1750 g/mol. The van der Waals surface area contributed by atoms with Crippen molar-refractivity contribution in [2.24, 2.45) is 5.73 Å². The van der Waals surface area contributed by atoms with Gasteiger partial charge in [-0.3, -0.25) is 40.0 Å². The molecule has 13 aliphatic heterocycles. The fourth-order valence-corrected chi connectivity index (χ4v) is 19.1. The summed E-state index contributed by atoms with van der Waals surface area (Å²) in [6.07, 6.45) is 11.2. The number of para-hydroxylation sites is 1. The van der Waals surface area contributed by atoms with Crippen molar-refractivity contribution >= 4 is 110 Å². The molecule has 634 valence electrons. The van der Waals surface area contributed by atoms with Gasteiger partial charge in [-0.05, 0) is 126 Å². The fourth-order valence-electron chi connectivity index (χ4n) is 11.0.